The normalized spacial score (nSPS) is 14.8. The minimum absolute atomic E-state index is 0.0355. The molecule has 0 aliphatic heterocycles. The average molecular weight is 293 g/mol. The van der Waals surface area contributed by atoms with Crippen molar-refractivity contribution in [2.45, 2.75) is 58.9 Å². The van der Waals surface area contributed by atoms with Crippen LogP contribution < -0.4 is 10.1 Å². The summed E-state index contributed by atoms with van der Waals surface area (Å²) in [5.74, 6) is 0.908. The van der Waals surface area contributed by atoms with Gasteiger partial charge in [-0.1, -0.05) is 45.4 Å². The Morgan fingerprint density at radius 3 is 2.38 bits per heavy atom. The molecule has 120 valence electrons. The van der Waals surface area contributed by atoms with Crippen LogP contribution in [0.15, 0.2) is 18.2 Å². The highest BCUT2D eigenvalue weighted by Gasteiger charge is 2.25. The fourth-order valence-corrected chi connectivity index (χ4v) is 2.17. The predicted octanol–water partition coefficient (Wildman–Crippen LogP) is 3.42. The van der Waals surface area contributed by atoms with Gasteiger partial charge in [-0.2, -0.15) is 0 Å². The van der Waals surface area contributed by atoms with Crippen molar-refractivity contribution in [1.29, 1.82) is 0 Å². The molecule has 1 aromatic carbocycles. The number of aliphatic hydroxyl groups is 1. The molecule has 0 heterocycles. The first kappa shape index (κ1) is 18.0. The minimum Gasteiger partial charge on any atom is -0.491 e. The molecule has 0 aliphatic carbocycles. The Labute approximate surface area is 129 Å². The van der Waals surface area contributed by atoms with Crippen molar-refractivity contribution in [1.82, 2.24) is 5.32 Å². The predicted molar refractivity (Wildman–Crippen MR) is 89.2 cm³/mol. The maximum absolute atomic E-state index is 9.62. The lowest BCUT2D eigenvalue weighted by molar-refractivity contribution is 0.115. The zero-order valence-corrected chi connectivity index (χ0v) is 14.4. The average Bonchev–Trinajstić information content (AvgIpc) is 2.43. The standard InChI is InChI=1S/C18H31NO2/c1-7-10-19-18(6,12-20)13-21-16-9-8-14(2)11-15(16)17(3,4)5/h8-9,11,19-20H,7,10,12-13H2,1-6H3. The molecule has 0 amide bonds. The van der Waals surface area contributed by atoms with Gasteiger partial charge in [-0.15, -0.1) is 0 Å². The highest BCUT2D eigenvalue weighted by Crippen LogP contribution is 2.32. The van der Waals surface area contributed by atoms with E-state index < -0.39 is 5.54 Å². The van der Waals surface area contributed by atoms with E-state index in [1.165, 1.54) is 11.1 Å². The molecule has 3 nitrogen and oxygen atoms in total. The second kappa shape index (κ2) is 7.28. The number of hydrogen-bond acceptors (Lipinski definition) is 3. The fourth-order valence-electron chi connectivity index (χ4n) is 2.17. The number of benzene rings is 1. The molecule has 0 aromatic heterocycles. The molecule has 0 bridgehead atoms. The van der Waals surface area contributed by atoms with Crippen LogP contribution in [0, 0.1) is 6.92 Å². The van der Waals surface area contributed by atoms with Gasteiger partial charge >= 0.3 is 0 Å². The summed E-state index contributed by atoms with van der Waals surface area (Å²) in [6.45, 7) is 14.2. The summed E-state index contributed by atoms with van der Waals surface area (Å²) < 4.78 is 6.05. The number of nitrogens with one attached hydrogen (secondary N) is 1. The van der Waals surface area contributed by atoms with Gasteiger partial charge in [-0.3, -0.25) is 0 Å². The van der Waals surface area contributed by atoms with Gasteiger partial charge in [0.25, 0.3) is 0 Å². The molecule has 0 fully saturated rings. The van der Waals surface area contributed by atoms with Gasteiger partial charge in [-0.25, -0.2) is 0 Å². The van der Waals surface area contributed by atoms with E-state index in [0.717, 1.165) is 18.7 Å². The molecule has 1 atom stereocenters. The molecule has 0 radical (unpaired) electrons. The molecule has 3 heteroatoms. The highest BCUT2D eigenvalue weighted by molar-refractivity contribution is 5.41. The Bertz CT molecular complexity index is 451. The summed E-state index contributed by atoms with van der Waals surface area (Å²) in [4.78, 5) is 0. The van der Waals surface area contributed by atoms with E-state index in [1.807, 2.05) is 13.0 Å². The highest BCUT2D eigenvalue weighted by atomic mass is 16.5. The third kappa shape index (κ3) is 5.33. The molecule has 1 aromatic rings. The molecule has 0 saturated carbocycles. The van der Waals surface area contributed by atoms with Crippen LogP contribution in [0.25, 0.3) is 0 Å². The van der Waals surface area contributed by atoms with E-state index in [2.05, 4.69) is 52.1 Å². The van der Waals surface area contributed by atoms with E-state index in [4.69, 9.17) is 4.74 Å². The Kier molecular flexibility index (Phi) is 6.24. The maximum Gasteiger partial charge on any atom is 0.123 e. The van der Waals surface area contributed by atoms with Gasteiger partial charge < -0.3 is 15.2 Å². The second-order valence-corrected chi connectivity index (χ2v) is 7.18. The largest absolute Gasteiger partial charge is 0.491 e. The van der Waals surface area contributed by atoms with Crippen molar-refractivity contribution in [2.24, 2.45) is 0 Å². The summed E-state index contributed by atoms with van der Waals surface area (Å²) in [6.07, 6.45) is 1.04. The van der Waals surface area contributed by atoms with Gasteiger partial charge in [-0.05, 0) is 43.9 Å². The quantitative estimate of drug-likeness (QED) is 0.809. The number of hydrogen-bond donors (Lipinski definition) is 2. The third-order valence-electron chi connectivity index (χ3n) is 3.64. The van der Waals surface area contributed by atoms with Gasteiger partial charge in [0.2, 0.25) is 0 Å². The molecular formula is C18H31NO2. The lowest BCUT2D eigenvalue weighted by Gasteiger charge is -2.30. The number of aliphatic hydroxyl groups excluding tert-OH is 1. The van der Waals surface area contributed by atoms with Crippen LogP contribution in [0.1, 0.15) is 52.2 Å². The lowest BCUT2D eigenvalue weighted by atomic mass is 9.85. The van der Waals surface area contributed by atoms with E-state index in [0.29, 0.717) is 6.61 Å². The lowest BCUT2D eigenvalue weighted by Crippen LogP contribution is -2.50. The van der Waals surface area contributed by atoms with Gasteiger partial charge in [0.1, 0.15) is 12.4 Å². The van der Waals surface area contributed by atoms with Crippen molar-refractivity contribution in [3.63, 3.8) is 0 Å². The summed E-state index contributed by atoms with van der Waals surface area (Å²) in [5, 5.41) is 13.0. The maximum atomic E-state index is 9.62. The summed E-state index contributed by atoms with van der Waals surface area (Å²) in [7, 11) is 0. The summed E-state index contributed by atoms with van der Waals surface area (Å²) in [5.41, 5.74) is 2.07. The molecule has 1 unspecified atom stereocenters. The van der Waals surface area contributed by atoms with Crippen molar-refractivity contribution in [3.05, 3.63) is 29.3 Å². The third-order valence-corrected chi connectivity index (χ3v) is 3.64. The molecule has 0 saturated heterocycles. The Hall–Kier alpha value is -1.06. The van der Waals surface area contributed by atoms with Crippen LogP contribution in [0.3, 0.4) is 0 Å². The van der Waals surface area contributed by atoms with Crippen LogP contribution >= 0.6 is 0 Å². The monoisotopic (exact) mass is 293 g/mol. The van der Waals surface area contributed by atoms with Crippen LogP contribution in [0.5, 0.6) is 5.75 Å². The molecule has 0 spiro atoms. The summed E-state index contributed by atoms with van der Waals surface area (Å²) >= 11 is 0. The topological polar surface area (TPSA) is 41.5 Å². The molecular weight excluding hydrogens is 262 g/mol. The zero-order chi connectivity index (χ0) is 16.1. The zero-order valence-electron chi connectivity index (χ0n) is 14.4. The van der Waals surface area contributed by atoms with Crippen LogP contribution in [-0.2, 0) is 5.41 Å². The second-order valence-electron chi connectivity index (χ2n) is 7.18. The van der Waals surface area contributed by atoms with Crippen LogP contribution in [0.2, 0.25) is 0 Å². The first-order valence-corrected chi connectivity index (χ1v) is 7.81. The molecule has 21 heavy (non-hydrogen) atoms. The fraction of sp³-hybridized carbons (Fsp3) is 0.667. The van der Waals surface area contributed by atoms with Crippen LogP contribution in [0.4, 0.5) is 0 Å². The van der Waals surface area contributed by atoms with E-state index >= 15 is 0 Å². The van der Waals surface area contributed by atoms with Gasteiger partial charge in [0, 0.05) is 0 Å². The van der Waals surface area contributed by atoms with Crippen LogP contribution in [-0.4, -0.2) is 30.4 Å². The molecule has 0 aliphatic rings. The number of aryl methyl sites for hydroxylation is 1. The van der Waals surface area contributed by atoms with Gasteiger partial charge in [0.15, 0.2) is 0 Å². The van der Waals surface area contributed by atoms with Gasteiger partial charge in [0.05, 0.1) is 12.1 Å². The first-order chi connectivity index (χ1) is 9.72. The molecule has 2 N–H and O–H groups in total. The Morgan fingerprint density at radius 1 is 1.19 bits per heavy atom. The smallest absolute Gasteiger partial charge is 0.123 e. The van der Waals surface area contributed by atoms with Crippen molar-refractivity contribution >= 4 is 0 Å². The van der Waals surface area contributed by atoms with Crippen molar-refractivity contribution < 1.29 is 9.84 Å². The summed E-state index contributed by atoms with van der Waals surface area (Å²) in [6, 6.07) is 6.29. The Morgan fingerprint density at radius 2 is 1.86 bits per heavy atom. The Balaban J connectivity index is 2.88. The van der Waals surface area contributed by atoms with Crippen molar-refractivity contribution in [3.8, 4) is 5.75 Å². The number of ether oxygens (including phenoxy) is 1. The van der Waals surface area contributed by atoms with E-state index in [1.54, 1.807) is 0 Å². The van der Waals surface area contributed by atoms with E-state index in [-0.39, 0.29) is 12.0 Å². The van der Waals surface area contributed by atoms with E-state index in [9.17, 15) is 5.11 Å². The SMILES string of the molecule is CCCNC(C)(CO)COc1ccc(C)cc1C(C)(C)C. The number of rotatable bonds is 7. The minimum atomic E-state index is -0.407. The van der Waals surface area contributed by atoms with Crippen molar-refractivity contribution in [2.75, 3.05) is 19.8 Å². The first-order valence-electron chi connectivity index (χ1n) is 7.81. The molecule has 1 rings (SSSR count).